The molecule has 2 aromatic carbocycles. The predicted octanol–water partition coefficient (Wildman–Crippen LogP) is 4.76. The van der Waals surface area contributed by atoms with Gasteiger partial charge in [-0.15, -0.1) is 23.2 Å². The molecule has 0 N–H and O–H groups in total. The summed E-state index contributed by atoms with van der Waals surface area (Å²) >= 11 is 10.9. The van der Waals surface area contributed by atoms with Crippen LogP contribution in [0.1, 0.15) is 13.8 Å². The molecule has 0 fully saturated rings. The molecule has 2 aromatic rings. The smallest absolute Gasteiger partial charge is 0.0967 e. The van der Waals surface area contributed by atoms with Gasteiger partial charge in [0.15, 0.2) is 0 Å². The Hall–Kier alpha value is -2.00. The molecule has 2 heterocycles. The van der Waals surface area contributed by atoms with Gasteiger partial charge in [0.25, 0.3) is 0 Å². The van der Waals surface area contributed by atoms with E-state index >= 15 is 0 Å². The minimum absolute atomic E-state index is 0.194. The third-order valence-corrected chi connectivity index (χ3v) is 12.6. The maximum atomic E-state index is 11.6. The van der Waals surface area contributed by atoms with E-state index in [0.717, 1.165) is 16.3 Å². The van der Waals surface area contributed by atoms with Crippen LogP contribution in [-0.4, -0.2) is 27.5 Å². The van der Waals surface area contributed by atoms with E-state index in [0.29, 0.717) is 10.9 Å². The molecule has 0 aromatic heterocycles. The summed E-state index contributed by atoms with van der Waals surface area (Å²) in [6, 6.07) is 17.0. The maximum Gasteiger partial charge on any atom is 0.0967 e. The minimum Gasteiger partial charge on any atom is -0.109 e. The van der Waals surface area contributed by atoms with Crippen LogP contribution < -0.4 is 5.19 Å². The zero-order chi connectivity index (χ0) is 20.4. The van der Waals surface area contributed by atoms with E-state index in [1.165, 1.54) is 11.2 Å². The molecule has 2 aliphatic rings. The topological polar surface area (TPSA) is 64.6 Å². The van der Waals surface area contributed by atoms with Crippen LogP contribution in [0.25, 0.3) is 0 Å². The number of nitrogens with zero attached hydrogens (tertiary/aromatic N) is 2. The van der Waals surface area contributed by atoms with Crippen LogP contribution in [0.2, 0.25) is 0 Å². The average Bonchev–Trinajstić information content (AvgIpc) is 2.94. The number of fused-ring (bicyclic) bond motifs is 3. The van der Waals surface area contributed by atoms with Gasteiger partial charge >= 0.3 is 149 Å². The van der Waals surface area contributed by atoms with E-state index in [2.05, 4.69) is 0 Å². The van der Waals surface area contributed by atoms with Crippen LogP contribution in [-0.2, 0) is 8.95 Å². The summed E-state index contributed by atoms with van der Waals surface area (Å²) < 4.78 is 13.8. The van der Waals surface area contributed by atoms with E-state index in [1.54, 1.807) is 6.92 Å². The standard InChI is InChI=1S/C17H16N2O4SSi.CH2Cl2/c1-13-12-14(2)22-25(23-19(20)21,15-8-4-3-5-9-15)18(13)16-10-6-7-11-17(16)24-25;2-1-3/h3-12H,1-2H3;1H2. The van der Waals surface area contributed by atoms with Crippen molar-refractivity contribution in [2.75, 3.05) is 5.34 Å². The van der Waals surface area contributed by atoms with Gasteiger partial charge < -0.3 is 0 Å². The number of halogens is 2. The number of hydrogen-bond acceptors (Lipinski definition) is 5. The van der Waals surface area contributed by atoms with Gasteiger partial charge in [0.2, 0.25) is 0 Å². The minimum atomic E-state index is -4.46. The average molecular weight is 457 g/mol. The summed E-state index contributed by atoms with van der Waals surface area (Å²) in [4.78, 5) is 12.5. The van der Waals surface area contributed by atoms with Crippen molar-refractivity contribution in [3.8, 4) is 0 Å². The van der Waals surface area contributed by atoms with Gasteiger partial charge in [-0.3, -0.25) is 0 Å². The predicted molar refractivity (Wildman–Crippen MR) is 114 cm³/mol. The number of para-hydroxylation sites is 1. The van der Waals surface area contributed by atoms with Crippen molar-refractivity contribution < 1.29 is 18.3 Å². The molecule has 0 saturated heterocycles. The molecule has 4 rings (SSSR count). The van der Waals surface area contributed by atoms with Crippen molar-refractivity contribution in [1.82, 2.24) is 0 Å². The quantitative estimate of drug-likeness (QED) is 0.288. The summed E-state index contributed by atoms with van der Waals surface area (Å²) in [5.74, 6) is 0.605. The Bertz CT molecular complexity index is 983. The zero-order valence-electron chi connectivity index (χ0n) is 15.2. The third kappa shape index (κ3) is 3.20. The molecule has 0 atom stereocenters. The fourth-order valence-corrected chi connectivity index (χ4v) is 12.7. The maximum absolute atomic E-state index is 11.6. The van der Waals surface area contributed by atoms with Crippen LogP contribution in [0.4, 0.5) is 5.69 Å². The van der Waals surface area contributed by atoms with E-state index in [1.807, 2.05) is 71.8 Å². The third-order valence-electron chi connectivity index (χ3n) is 4.38. The molecular formula is C18H18Cl2N2O4SSi. The first-order chi connectivity index (χ1) is 13.4. The first-order valence-electron chi connectivity index (χ1n) is 8.34. The van der Waals surface area contributed by atoms with Gasteiger partial charge in [-0.05, 0) is 0 Å². The molecule has 2 aliphatic heterocycles. The summed E-state index contributed by atoms with van der Waals surface area (Å²) in [7, 11) is -4.46. The largest absolute Gasteiger partial charge is 0.109 e. The molecule has 0 bridgehead atoms. The summed E-state index contributed by atoms with van der Waals surface area (Å²) in [5, 5.41) is 11.8. The first-order valence-corrected chi connectivity index (χ1v) is 13.2. The van der Waals surface area contributed by atoms with E-state index in [4.69, 9.17) is 32.2 Å². The molecule has 0 spiro atoms. The number of allylic oxidation sites excluding steroid dienone is 2. The van der Waals surface area contributed by atoms with Crippen LogP contribution in [0.15, 0.2) is 71.3 Å². The molecule has 148 valence electrons. The second-order valence-electron chi connectivity index (χ2n) is 6.13. The fraction of sp³-hybridized carbons (Fsp3) is 0.167. The number of alkyl halides is 2. The van der Waals surface area contributed by atoms with Crippen LogP contribution in [0.5, 0.6) is 0 Å². The molecule has 6 nitrogen and oxygen atoms in total. The summed E-state index contributed by atoms with van der Waals surface area (Å²) in [5.41, 5.74) is 1.73. The van der Waals surface area contributed by atoms with Gasteiger partial charge in [-0.2, -0.15) is 0 Å². The van der Waals surface area contributed by atoms with Crippen molar-refractivity contribution in [1.29, 1.82) is 0 Å². The number of benzene rings is 2. The number of hydrogen-bond donors (Lipinski definition) is 0. The normalized spacial score (nSPS) is 19.4. The van der Waals surface area contributed by atoms with Crippen LogP contribution in [0.3, 0.4) is 0 Å². The van der Waals surface area contributed by atoms with Crippen LogP contribution in [0, 0.1) is 10.1 Å². The Morgan fingerprint density at radius 3 is 2.39 bits per heavy atom. The van der Waals surface area contributed by atoms with Crippen molar-refractivity contribution in [2.45, 2.75) is 18.7 Å². The van der Waals surface area contributed by atoms with Gasteiger partial charge in [0.05, 0.1) is 5.34 Å². The Labute approximate surface area is 176 Å². The van der Waals surface area contributed by atoms with Crippen LogP contribution >= 0.6 is 34.4 Å². The molecule has 10 heteroatoms. The molecule has 0 unspecified atom stereocenters. The first kappa shape index (κ1) is 20.7. The van der Waals surface area contributed by atoms with Crippen molar-refractivity contribution in [3.05, 3.63) is 76.5 Å². The monoisotopic (exact) mass is 456 g/mol. The van der Waals surface area contributed by atoms with Gasteiger partial charge in [-0.1, -0.05) is 0 Å². The Morgan fingerprint density at radius 1 is 1.14 bits per heavy atom. The van der Waals surface area contributed by atoms with E-state index in [9.17, 15) is 10.1 Å². The fourth-order valence-electron chi connectivity index (χ4n) is 3.63. The summed E-state index contributed by atoms with van der Waals surface area (Å²) in [6.45, 7) is 3.73. The van der Waals surface area contributed by atoms with E-state index in [-0.39, 0.29) is 5.34 Å². The van der Waals surface area contributed by atoms with Gasteiger partial charge in [0.1, 0.15) is 0 Å². The molecule has 0 aliphatic carbocycles. The van der Waals surface area contributed by atoms with Gasteiger partial charge in [0, 0.05) is 0 Å². The van der Waals surface area contributed by atoms with Crippen molar-refractivity contribution in [3.63, 3.8) is 0 Å². The van der Waals surface area contributed by atoms with Crippen molar-refractivity contribution >= 4 is 58.1 Å². The molecule has 0 radical (unpaired) electrons. The van der Waals surface area contributed by atoms with Gasteiger partial charge in [-0.25, -0.2) is 0 Å². The zero-order valence-corrected chi connectivity index (χ0v) is 18.5. The van der Waals surface area contributed by atoms with Crippen molar-refractivity contribution in [2.24, 2.45) is 0 Å². The summed E-state index contributed by atoms with van der Waals surface area (Å²) in [6.07, 6.45) is 1.88. The number of rotatable bonds is 3. The molecular weight excluding hydrogens is 439 g/mol. The Morgan fingerprint density at radius 2 is 1.75 bits per heavy atom. The molecule has 28 heavy (non-hydrogen) atoms. The Kier molecular flexibility index (Phi) is 5.76. The van der Waals surface area contributed by atoms with E-state index < -0.39 is 12.2 Å². The second-order valence-corrected chi connectivity index (χ2v) is 13.6. The molecule has 0 saturated carbocycles. The Balaban J connectivity index is 0.000000706. The SMILES string of the molecule is CC1=CC(C)=[N+]2c3ccccc3S[Si-]2(O[N+](=O)[O-])(c2ccccc2)O1.ClCCl. The molecule has 0 amide bonds. The second kappa shape index (κ2) is 7.79.